The summed E-state index contributed by atoms with van der Waals surface area (Å²) < 4.78 is 5.11. The van der Waals surface area contributed by atoms with E-state index in [0.29, 0.717) is 15.6 Å². The predicted molar refractivity (Wildman–Crippen MR) is 90.5 cm³/mol. The fraction of sp³-hybridized carbons (Fsp3) is 0.125. The van der Waals surface area contributed by atoms with Gasteiger partial charge in [-0.3, -0.25) is 9.59 Å². The third kappa shape index (κ3) is 5.13. The summed E-state index contributed by atoms with van der Waals surface area (Å²) in [5.41, 5.74) is 0.459. The summed E-state index contributed by atoms with van der Waals surface area (Å²) in [6.45, 7) is 0.137. The van der Waals surface area contributed by atoms with Crippen LogP contribution in [0.15, 0.2) is 42.5 Å². The minimum absolute atomic E-state index is 0.00215. The first-order valence-corrected chi connectivity index (χ1v) is 7.79. The van der Waals surface area contributed by atoms with Crippen molar-refractivity contribution in [1.82, 2.24) is 5.32 Å². The third-order valence-electron chi connectivity index (χ3n) is 2.86. The molecular formula is C16H12Cl3NO3. The van der Waals surface area contributed by atoms with Crippen LogP contribution in [0.25, 0.3) is 0 Å². The first-order chi connectivity index (χ1) is 11.0. The van der Waals surface area contributed by atoms with E-state index in [1.807, 2.05) is 0 Å². The predicted octanol–water partition coefficient (Wildman–Crippen LogP) is 4.37. The van der Waals surface area contributed by atoms with E-state index in [4.69, 9.17) is 39.5 Å². The second kappa shape index (κ2) is 8.20. The highest BCUT2D eigenvalue weighted by molar-refractivity contribution is 6.43. The SMILES string of the molecule is O=C(CCNC(=O)c1ccc(Cl)cc1)Oc1cccc(Cl)c1Cl. The minimum Gasteiger partial charge on any atom is -0.425 e. The van der Waals surface area contributed by atoms with Crippen LogP contribution in [0, 0.1) is 0 Å². The van der Waals surface area contributed by atoms with Gasteiger partial charge in [-0.2, -0.15) is 0 Å². The number of hydrogen-bond donors (Lipinski definition) is 1. The Balaban J connectivity index is 1.82. The lowest BCUT2D eigenvalue weighted by molar-refractivity contribution is -0.134. The standard InChI is InChI=1S/C16H12Cl3NO3/c17-11-6-4-10(5-7-11)16(22)20-9-8-14(21)23-13-3-1-2-12(18)15(13)19/h1-7H,8-9H2,(H,20,22). The Morgan fingerprint density at radius 1 is 1.00 bits per heavy atom. The fourth-order valence-corrected chi connectivity index (χ4v) is 2.17. The molecule has 1 amide bonds. The Kier molecular flexibility index (Phi) is 6.28. The van der Waals surface area contributed by atoms with Gasteiger partial charge in [0, 0.05) is 17.1 Å². The molecular weight excluding hydrogens is 361 g/mol. The molecule has 0 aliphatic rings. The van der Waals surface area contributed by atoms with Crippen LogP contribution >= 0.6 is 34.8 Å². The summed E-state index contributed by atoms with van der Waals surface area (Å²) in [6, 6.07) is 11.2. The van der Waals surface area contributed by atoms with E-state index in [9.17, 15) is 9.59 Å². The van der Waals surface area contributed by atoms with Crippen molar-refractivity contribution in [3.63, 3.8) is 0 Å². The van der Waals surface area contributed by atoms with E-state index in [1.54, 1.807) is 42.5 Å². The lowest BCUT2D eigenvalue weighted by atomic mass is 10.2. The summed E-state index contributed by atoms with van der Waals surface area (Å²) in [5, 5.41) is 3.64. The van der Waals surface area contributed by atoms with Crippen LogP contribution in [-0.2, 0) is 4.79 Å². The molecule has 2 aromatic carbocycles. The molecule has 0 aromatic heterocycles. The number of rotatable bonds is 5. The lowest BCUT2D eigenvalue weighted by Gasteiger charge is -2.08. The summed E-state index contributed by atoms with van der Waals surface area (Å²) >= 11 is 17.5. The molecule has 120 valence electrons. The van der Waals surface area contributed by atoms with Crippen LogP contribution < -0.4 is 10.1 Å². The highest BCUT2D eigenvalue weighted by Gasteiger charge is 2.11. The molecule has 0 aliphatic heterocycles. The summed E-state index contributed by atoms with van der Waals surface area (Å²) in [4.78, 5) is 23.6. The number of amides is 1. The molecule has 7 heteroatoms. The molecule has 0 fully saturated rings. The first kappa shape index (κ1) is 17.6. The van der Waals surface area contributed by atoms with E-state index in [-0.39, 0.29) is 29.6 Å². The van der Waals surface area contributed by atoms with Gasteiger partial charge in [0.1, 0.15) is 5.02 Å². The van der Waals surface area contributed by atoms with Gasteiger partial charge in [-0.1, -0.05) is 40.9 Å². The van der Waals surface area contributed by atoms with Gasteiger partial charge in [0.2, 0.25) is 0 Å². The smallest absolute Gasteiger partial charge is 0.313 e. The molecule has 0 spiro atoms. The van der Waals surface area contributed by atoms with Crippen molar-refractivity contribution in [2.24, 2.45) is 0 Å². The summed E-state index contributed by atoms with van der Waals surface area (Å²) in [5.74, 6) is -0.631. The number of carbonyl (C=O) groups excluding carboxylic acids is 2. The van der Waals surface area contributed by atoms with E-state index in [0.717, 1.165) is 0 Å². The maximum absolute atomic E-state index is 11.8. The quantitative estimate of drug-likeness (QED) is 0.626. The van der Waals surface area contributed by atoms with Crippen LogP contribution in [-0.4, -0.2) is 18.4 Å². The second-order valence-electron chi connectivity index (χ2n) is 4.54. The molecule has 0 unspecified atom stereocenters. The molecule has 0 bridgehead atoms. The van der Waals surface area contributed by atoms with E-state index >= 15 is 0 Å². The van der Waals surface area contributed by atoms with Gasteiger partial charge in [0.25, 0.3) is 5.91 Å². The van der Waals surface area contributed by atoms with Gasteiger partial charge >= 0.3 is 5.97 Å². The van der Waals surface area contributed by atoms with Gasteiger partial charge in [0.15, 0.2) is 5.75 Å². The molecule has 0 saturated heterocycles. The molecule has 4 nitrogen and oxygen atoms in total. The highest BCUT2D eigenvalue weighted by Crippen LogP contribution is 2.31. The second-order valence-corrected chi connectivity index (χ2v) is 5.76. The average molecular weight is 373 g/mol. The molecule has 2 aromatic rings. The normalized spacial score (nSPS) is 10.2. The summed E-state index contributed by atoms with van der Waals surface area (Å²) in [6.07, 6.45) is 0.00215. The highest BCUT2D eigenvalue weighted by atomic mass is 35.5. The van der Waals surface area contributed by atoms with Crippen molar-refractivity contribution < 1.29 is 14.3 Å². The zero-order valence-corrected chi connectivity index (χ0v) is 14.1. The van der Waals surface area contributed by atoms with Crippen LogP contribution in [0.4, 0.5) is 0 Å². The van der Waals surface area contributed by atoms with E-state index in [2.05, 4.69) is 5.32 Å². The first-order valence-electron chi connectivity index (χ1n) is 6.66. The Morgan fingerprint density at radius 2 is 1.70 bits per heavy atom. The Morgan fingerprint density at radius 3 is 2.39 bits per heavy atom. The van der Waals surface area contributed by atoms with Crippen LogP contribution in [0.1, 0.15) is 16.8 Å². The number of benzene rings is 2. The van der Waals surface area contributed by atoms with Crippen molar-refractivity contribution in [3.05, 3.63) is 63.1 Å². The van der Waals surface area contributed by atoms with Gasteiger partial charge < -0.3 is 10.1 Å². The van der Waals surface area contributed by atoms with Crippen LogP contribution in [0.2, 0.25) is 15.1 Å². The molecule has 2 rings (SSSR count). The monoisotopic (exact) mass is 371 g/mol. The summed E-state index contributed by atoms with van der Waals surface area (Å²) in [7, 11) is 0. The molecule has 0 radical (unpaired) electrons. The maximum atomic E-state index is 11.8. The zero-order chi connectivity index (χ0) is 16.8. The number of nitrogens with one attached hydrogen (secondary N) is 1. The lowest BCUT2D eigenvalue weighted by Crippen LogP contribution is -2.27. The largest absolute Gasteiger partial charge is 0.425 e. The van der Waals surface area contributed by atoms with E-state index in [1.165, 1.54) is 0 Å². The van der Waals surface area contributed by atoms with Crippen molar-refractivity contribution in [2.75, 3.05) is 6.54 Å². The molecule has 0 aliphatic carbocycles. The van der Waals surface area contributed by atoms with Gasteiger partial charge in [-0.05, 0) is 36.4 Å². The molecule has 0 atom stereocenters. The Bertz CT molecular complexity index is 717. The van der Waals surface area contributed by atoms with Crippen LogP contribution in [0.5, 0.6) is 5.75 Å². The average Bonchev–Trinajstić information content (AvgIpc) is 2.52. The number of hydrogen-bond acceptors (Lipinski definition) is 3. The fourth-order valence-electron chi connectivity index (χ4n) is 1.72. The molecule has 23 heavy (non-hydrogen) atoms. The maximum Gasteiger partial charge on any atom is 0.313 e. The number of carbonyl (C=O) groups is 2. The molecule has 0 saturated carbocycles. The van der Waals surface area contributed by atoms with Crippen molar-refractivity contribution >= 4 is 46.7 Å². The number of halogens is 3. The van der Waals surface area contributed by atoms with Gasteiger partial charge in [-0.25, -0.2) is 0 Å². The zero-order valence-electron chi connectivity index (χ0n) is 11.8. The van der Waals surface area contributed by atoms with Crippen molar-refractivity contribution in [3.8, 4) is 5.75 Å². The topological polar surface area (TPSA) is 55.4 Å². The van der Waals surface area contributed by atoms with E-state index < -0.39 is 5.97 Å². The van der Waals surface area contributed by atoms with Crippen molar-refractivity contribution in [2.45, 2.75) is 6.42 Å². The van der Waals surface area contributed by atoms with Gasteiger partial charge in [-0.15, -0.1) is 0 Å². The van der Waals surface area contributed by atoms with Crippen molar-refractivity contribution in [1.29, 1.82) is 0 Å². The molecule has 0 heterocycles. The Labute approximate surface area is 148 Å². The Hall–Kier alpha value is -1.75. The van der Waals surface area contributed by atoms with Gasteiger partial charge in [0.05, 0.1) is 11.4 Å². The number of esters is 1. The molecule has 1 N–H and O–H groups in total. The minimum atomic E-state index is -0.523. The van der Waals surface area contributed by atoms with Crippen LogP contribution in [0.3, 0.4) is 0 Å². The third-order valence-corrected chi connectivity index (χ3v) is 3.91. The number of ether oxygens (including phenoxy) is 1.